The van der Waals surface area contributed by atoms with E-state index in [-0.39, 0.29) is 0 Å². The predicted octanol–water partition coefficient (Wildman–Crippen LogP) is 4.33. The van der Waals surface area contributed by atoms with Crippen molar-refractivity contribution in [3.05, 3.63) is 16.3 Å². The Morgan fingerprint density at radius 2 is 1.86 bits per heavy atom. The van der Waals surface area contributed by atoms with Crippen molar-refractivity contribution >= 4 is 39.1 Å². The third-order valence-electron chi connectivity index (χ3n) is 5.85. The van der Waals surface area contributed by atoms with E-state index in [0.717, 1.165) is 46.9 Å². The average molecular weight is 416 g/mol. The Morgan fingerprint density at radius 1 is 1.04 bits per heavy atom. The van der Waals surface area contributed by atoms with Gasteiger partial charge in [0.05, 0.1) is 17.2 Å². The number of fused-ring (bicyclic) bond motifs is 3. The van der Waals surface area contributed by atoms with E-state index in [0.29, 0.717) is 17.6 Å². The summed E-state index contributed by atoms with van der Waals surface area (Å²) in [6.07, 6.45) is 12.2. The van der Waals surface area contributed by atoms with Gasteiger partial charge in [-0.3, -0.25) is 0 Å². The number of nitrogens with zero attached hydrogens (tertiary/aromatic N) is 6. The minimum absolute atomic E-state index is 0.424. The number of thioether (sulfide) groups is 1. The molecule has 0 bridgehead atoms. The van der Waals surface area contributed by atoms with Crippen molar-refractivity contribution in [3.63, 3.8) is 0 Å². The standard InChI is InChI=1S/C19H25N7S2/c20-17-16-13-9-5-2-6-10-14(13)28-18(16)22-15(21-17)11-27-19-23-24-25-26(19)12-7-3-1-4-8-12/h12H,1-11H2,(H2,20,21,22). The van der Waals surface area contributed by atoms with Crippen LogP contribution in [0.25, 0.3) is 10.2 Å². The molecular weight excluding hydrogens is 390 g/mol. The normalized spacial score (nSPS) is 18.3. The lowest BCUT2D eigenvalue weighted by molar-refractivity contribution is 0.307. The molecular formula is C19H25N7S2. The molecule has 3 aromatic rings. The van der Waals surface area contributed by atoms with Crippen LogP contribution >= 0.6 is 23.1 Å². The van der Waals surface area contributed by atoms with Gasteiger partial charge in [0.1, 0.15) is 16.5 Å². The molecule has 3 aromatic heterocycles. The van der Waals surface area contributed by atoms with Crippen molar-refractivity contribution in [2.24, 2.45) is 0 Å². The lowest BCUT2D eigenvalue weighted by Crippen LogP contribution is -2.15. The Hall–Kier alpha value is -1.74. The summed E-state index contributed by atoms with van der Waals surface area (Å²) in [5, 5.41) is 14.3. The van der Waals surface area contributed by atoms with Crippen LogP contribution in [0.5, 0.6) is 0 Å². The first kappa shape index (κ1) is 18.3. The average Bonchev–Trinajstić information content (AvgIpc) is 3.25. The van der Waals surface area contributed by atoms with Crippen LogP contribution in [-0.2, 0) is 18.6 Å². The van der Waals surface area contributed by atoms with Gasteiger partial charge in [-0.05, 0) is 54.5 Å². The number of anilines is 1. The highest BCUT2D eigenvalue weighted by Crippen LogP contribution is 2.37. The molecule has 2 aliphatic carbocycles. The molecule has 0 saturated heterocycles. The second-order valence-corrected chi connectivity index (χ2v) is 9.78. The van der Waals surface area contributed by atoms with Crippen LogP contribution in [0.15, 0.2) is 5.16 Å². The third kappa shape index (κ3) is 3.50. The maximum Gasteiger partial charge on any atom is 0.210 e. The minimum Gasteiger partial charge on any atom is -0.383 e. The second kappa shape index (κ2) is 7.94. The van der Waals surface area contributed by atoms with Gasteiger partial charge in [-0.15, -0.1) is 16.4 Å². The summed E-state index contributed by atoms with van der Waals surface area (Å²) in [5.41, 5.74) is 7.77. The Morgan fingerprint density at radius 3 is 2.75 bits per heavy atom. The first-order valence-electron chi connectivity index (χ1n) is 10.3. The monoisotopic (exact) mass is 415 g/mol. The largest absolute Gasteiger partial charge is 0.383 e. The fourth-order valence-electron chi connectivity index (χ4n) is 4.44. The van der Waals surface area contributed by atoms with E-state index in [9.17, 15) is 0 Å². The topological polar surface area (TPSA) is 95.4 Å². The molecule has 0 unspecified atom stereocenters. The quantitative estimate of drug-likeness (QED) is 0.500. The summed E-state index contributed by atoms with van der Waals surface area (Å²) >= 11 is 3.41. The van der Waals surface area contributed by atoms with E-state index in [1.54, 1.807) is 23.1 Å². The number of rotatable bonds is 4. The number of nitrogen functional groups attached to an aromatic ring is 1. The molecule has 3 heterocycles. The van der Waals surface area contributed by atoms with Crippen LogP contribution in [-0.4, -0.2) is 30.2 Å². The Balaban J connectivity index is 1.37. The van der Waals surface area contributed by atoms with Gasteiger partial charge in [-0.1, -0.05) is 37.4 Å². The molecule has 0 aliphatic heterocycles. The highest BCUT2D eigenvalue weighted by molar-refractivity contribution is 7.98. The molecule has 28 heavy (non-hydrogen) atoms. The van der Waals surface area contributed by atoms with Crippen LogP contribution in [0.3, 0.4) is 0 Å². The first-order valence-corrected chi connectivity index (χ1v) is 12.1. The zero-order chi connectivity index (χ0) is 18.9. The maximum absolute atomic E-state index is 6.37. The summed E-state index contributed by atoms with van der Waals surface area (Å²) in [4.78, 5) is 12.0. The zero-order valence-electron chi connectivity index (χ0n) is 15.9. The predicted molar refractivity (Wildman–Crippen MR) is 113 cm³/mol. The molecule has 5 rings (SSSR count). The SMILES string of the molecule is Nc1nc(CSc2nnnn2C2CCCCC2)nc2sc3c(c12)CCCCC3. The van der Waals surface area contributed by atoms with Crippen molar-refractivity contribution in [1.82, 2.24) is 30.2 Å². The van der Waals surface area contributed by atoms with Gasteiger partial charge < -0.3 is 5.73 Å². The van der Waals surface area contributed by atoms with Crippen LogP contribution in [0.2, 0.25) is 0 Å². The molecule has 7 nitrogen and oxygen atoms in total. The Kier molecular flexibility index (Phi) is 5.19. The molecule has 0 amide bonds. The van der Waals surface area contributed by atoms with Gasteiger partial charge in [0.2, 0.25) is 5.16 Å². The lowest BCUT2D eigenvalue weighted by atomic mass is 9.96. The van der Waals surface area contributed by atoms with E-state index in [1.165, 1.54) is 49.0 Å². The fraction of sp³-hybridized carbons (Fsp3) is 0.632. The molecule has 1 saturated carbocycles. The molecule has 1 fully saturated rings. The van der Waals surface area contributed by atoms with E-state index in [2.05, 4.69) is 20.5 Å². The second-order valence-electron chi connectivity index (χ2n) is 7.76. The van der Waals surface area contributed by atoms with Gasteiger partial charge in [0.25, 0.3) is 0 Å². The van der Waals surface area contributed by atoms with E-state index in [4.69, 9.17) is 10.7 Å². The summed E-state index contributed by atoms with van der Waals surface area (Å²) in [7, 11) is 0. The van der Waals surface area contributed by atoms with Crippen molar-refractivity contribution in [2.75, 3.05) is 5.73 Å². The first-order chi connectivity index (χ1) is 13.8. The highest BCUT2D eigenvalue weighted by Gasteiger charge is 2.22. The van der Waals surface area contributed by atoms with Crippen LogP contribution in [0.1, 0.15) is 73.7 Å². The molecule has 0 spiro atoms. The number of aryl methyl sites for hydroxylation is 2. The number of hydrogen-bond acceptors (Lipinski definition) is 8. The van der Waals surface area contributed by atoms with Gasteiger partial charge in [0, 0.05) is 4.88 Å². The summed E-state index contributed by atoms with van der Waals surface area (Å²) in [6.45, 7) is 0. The van der Waals surface area contributed by atoms with Crippen molar-refractivity contribution in [2.45, 2.75) is 81.2 Å². The fourth-order valence-corrected chi connectivity index (χ4v) is 6.52. The van der Waals surface area contributed by atoms with E-state index >= 15 is 0 Å². The van der Waals surface area contributed by atoms with E-state index < -0.39 is 0 Å². The Bertz CT molecular complexity index is 974. The maximum atomic E-state index is 6.37. The molecule has 0 aromatic carbocycles. The van der Waals surface area contributed by atoms with Crippen molar-refractivity contribution in [1.29, 1.82) is 0 Å². The molecule has 2 aliphatic rings. The van der Waals surface area contributed by atoms with Crippen LogP contribution < -0.4 is 5.73 Å². The summed E-state index contributed by atoms with van der Waals surface area (Å²) < 4.78 is 2.00. The van der Waals surface area contributed by atoms with Crippen molar-refractivity contribution < 1.29 is 0 Å². The Labute approximate surface area is 172 Å². The van der Waals surface area contributed by atoms with Crippen LogP contribution in [0.4, 0.5) is 5.82 Å². The van der Waals surface area contributed by atoms with Gasteiger partial charge in [-0.25, -0.2) is 14.6 Å². The lowest BCUT2D eigenvalue weighted by Gasteiger charge is -2.21. The number of thiophene rings is 1. The van der Waals surface area contributed by atoms with Gasteiger partial charge in [-0.2, -0.15) is 0 Å². The number of nitrogens with two attached hydrogens (primary N) is 1. The third-order valence-corrected chi connectivity index (χ3v) is 7.97. The molecule has 9 heteroatoms. The number of hydrogen-bond donors (Lipinski definition) is 1. The molecule has 0 atom stereocenters. The zero-order valence-corrected chi connectivity index (χ0v) is 17.6. The molecule has 148 valence electrons. The van der Waals surface area contributed by atoms with Crippen LogP contribution in [0, 0.1) is 0 Å². The minimum atomic E-state index is 0.424. The molecule has 0 radical (unpaired) electrons. The smallest absolute Gasteiger partial charge is 0.210 e. The van der Waals surface area contributed by atoms with Gasteiger partial charge >= 0.3 is 0 Å². The molecule has 2 N–H and O–H groups in total. The highest BCUT2D eigenvalue weighted by atomic mass is 32.2. The van der Waals surface area contributed by atoms with Gasteiger partial charge in [0.15, 0.2) is 0 Å². The number of aromatic nitrogens is 6. The summed E-state index contributed by atoms with van der Waals surface area (Å²) in [5.74, 6) is 2.03. The summed E-state index contributed by atoms with van der Waals surface area (Å²) in [6, 6.07) is 0.424. The van der Waals surface area contributed by atoms with Crippen molar-refractivity contribution in [3.8, 4) is 0 Å². The number of tetrazole rings is 1. The van der Waals surface area contributed by atoms with E-state index in [1.807, 2.05) is 4.68 Å².